The van der Waals surface area contributed by atoms with Crippen LogP contribution in [0, 0.1) is 13.8 Å². The molecule has 6 nitrogen and oxygen atoms in total. The number of aryl methyl sites for hydroxylation is 1. The van der Waals surface area contributed by atoms with Gasteiger partial charge in [-0.05, 0) is 112 Å². The number of benzene rings is 2. The molecule has 0 bridgehead atoms. The predicted molar refractivity (Wildman–Crippen MR) is 160 cm³/mol. The Morgan fingerprint density at radius 1 is 0.947 bits per heavy atom. The van der Waals surface area contributed by atoms with Crippen molar-refractivity contribution in [1.29, 1.82) is 0 Å². The summed E-state index contributed by atoms with van der Waals surface area (Å²) in [5.41, 5.74) is 7.86. The van der Waals surface area contributed by atoms with E-state index < -0.39 is 0 Å². The second kappa shape index (κ2) is 10.5. The van der Waals surface area contributed by atoms with Crippen LogP contribution >= 0.6 is 12.2 Å². The van der Waals surface area contributed by atoms with Crippen molar-refractivity contribution < 1.29 is 4.74 Å². The monoisotopic (exact) mass is 525 g/mol. The minimum Gasteiger partial charge on any atom is -0.491 e. The standard InChI is InChI=1S/C31H35N5OS/c1-20(2)37-26-16-14-25(15-17-26)36-30(29(33-31(36)38)28-9-7-8-18-32-28)27-19-21(3)35(22(27)4)24-12-10-23(11-13-24)34(5)6/h7-20,29-30H,1-6H3,(H,33,38)/t29-,30-/m1/s1. The molecule has 3 heterocycles. The number of hydrogen-bond acceptors (Lipinski definition) is 4. The molecule has 196 valence electrons. The van der Waals surface area contributed by atoms with Crippen molar-refractivity contribution in [1.82, 2.24) is 14.9 Å². The quantitative estimate of drug-likeness (QED) is 0.277. The minimum atomic E-state index is -0.0969. The van der Waals surface area contributed by atoms with Crippen LogP contribution in [0.5, 0.6) is 5.75 Å². The molecule has 7 heteroatoms. The summed E-state index contributed by atoms with van der Waals surface area (Å²) in [6, 6.07) is 25.0. The zero-order valence-electron chi connectivity index (χ0n) is 22.8. The third kappa shape index (κ3) is 4.86. The second-order valence-corrected chi connectivity index (χ2v) is 10.6. The zero-order valence-corrected chi connectivity index (χ0v) is 23.7. The molecular formula is C31H35N5OS. The van der Waals surface area contributed by atoms with Gasteiger partial charge in [-0.1, -0.05) is 6.07 Å². The van der Waals surface area contributed by atoms with Crippen LogP contribution in [0.15, 0.2) is 79.0 Å². The fourth-order valence-electron chi connectivity index (χ4n) is 5.29. The van der Waals surface area contributed by atoms with Crippen LogP contribution in [0.2, 0.25) is 0 Å². The van der Waals surface area contributed by atoms with Crippen LogP contribution in [-0.4, -0.2) is 34.9 Å². The number of anilines is 2. The van der Waals surface area contributed by atoms with Gasteiger partial charge in [0.2, 0.25) is 0 Å². The lowest BCUT2D eigenvalue weighted by atomic mass is 9.96. The molecule has 0 unspecified atom stereocenters. The van der Waals surface area contributed by atoms with Crippen molar-refractivity contribution in [2.24, 2.45) is 0 Å². The minimum absolute atomic E-state index is 0.0738. The van der Waals surface area contributed by atoms with Crippen LogP contribution in [0.3, 0.4) is 0 Å². The van der Waals surface area contributed by atoms with E-state index in [2.05, 4.69) is 96.2 Å². The molecule has 1 fully saturated rings. The van der Waals surface area contributed by atoms with Crippen LogP contribution < -0.4 is 19.9 Å². The average Bonchev–Trinajstić information content (AvgIpc) is 3.39. The van der Waals surface area contributed by atoms with Gasteiger partial charge in [0.05, 0.1) is 23.9 Å². The summed E-state index contributed by atoms with van der Waals surface area (Å²) >= 11 is 5.94. The van der Waals surface area contributed by atoms with E-state index in [1.165, 1.54) is 22.6 Å². The second-order valence-electron chi connectivity index (χ2n) is 10.2. The lowest BCUT2D eigenvalue weighted by Gasteiger charge is -2.28. The number of thiocarbonyl (C=S) groups is 1. The van der Waals surface area contributed by atoms with Gasteiger partial charge in [-0.3, -0.25) is 4.98 Å². The Balaban J connectivity index is 1.60. The molecule has 0 aliphatic carbocycles. The number of hydrogen-bond donors (Lipinski definition) is 1. The molecule has 5 rings (SSSR count). The van der Waals surface area contributed by atoms with Crippen LogP contribution in [0.4, 0.5) is 11.4 Å². The smallest absolute Gasteiger partial charge is 0.174 e. The van der Waals surface area contributed by atoms with Gasteiger partial charge < -0.3 is 24.4 Å². The van der Waals surface area contributed by atoms with Gasteiger partial charge in [-0.2, -0.15) is 0 Å². The van der Waals surface area contributed by atoms with Crippen molar-refractivity contribution in [3.8, 4) is 11.4 Å². The van der Waals surface area contributed by atoms with Gasteiger partial charge in [0.1, 0.15) is 5.75 Å². The molecule has 1 saturated heterocycles. The summed E-state index contributed by atoms with van der Waals surface area (Å²) in [4.78, 5) is 9.04. The van der Waals surface area contributed by atoms with E-state index in [-0.39, 0.29) is 18.2 Å². The summed E-state index contributed by atoms with van der Waals surface area (Å²) < 4.78 is 8.21. The molecule has 0 radical (unpaired) electrons. The Hall–Kier alpha value is -3.84. The SMILES string of the molecule is Cc1cc([C@@H]2[C@@H](c3ccccn3)NC(=S)N2c2ccc(OC(C)C)cc2)c(C)n1-c1ccc(N(C)C)cc1. The first-order chi connectivity index (χ1) is 18.2. The van der Waals surface area contributed by atoms with Crippen LogP contribution in [0.1, 0.15) is 48.6 Å². The predicted octanol–water partition coefficient (Wildman–Crippen LogP) is 6.52. The van der Waals surface area contributed by atoms with Crippen LogP contribution in [-0.2, 0) is 0 Å². The van der Waals surface area contributed by atoms with Crippen molar-refractivity contribution in [2.45, 2.75) is 45.9 Å². The maximum absolute atomic E-state index is 5.94. The first-order valence-corrected chi connectivity index (χ1v) is 13.4. The molecule has 1 aliphatic heterocycles. The van der Waals surface area contributed by atoms with E-state index in [0.29, 0.717) is 5.11 Å². The highest BCUT2D eigenvalue weighted by atomic mass is 32.1. The Kier molecular flexibility index (Phi) is 7.13. The molecule has 1 aliphatic rings. The average molecular weight is 526 g/mol. The fraction of sp³-hybridized carbons (Fsp3) is 0.290. The Morgan fingerprint density at radius 3 is 2.24 bits per heavy atom. The summed E-state index contributed by atoms with van der Waals surface area (Å²) in [7, 11) is 4.12. The number of ether oxygens (including phenoxy) is 1. The van der Waals surface area contributed by atoms with E-state index in [4.69, 9.17) is 21.9 Å². The van der Waals surface area contributed by atoms with Crippen molar-refractivity contribution in [2.75, 3.05) is 23.9 Å². The Bertz CT molecular complexity index is 1410. The number of nitrogens with zero attached hydrogens (tertiary/aromatic N) is 4. The van der Waals surface area contributed by atoms with E-state index in [1.54, 1.807) is 0 Å². The first kappa shape index (κ1) is 25.8. The lowest BCUT2D eigenvalue weighted by molar-refractivity contribution is 0.242. The summed E-state index contributed by atoms with van der Waals surface area (Å²) in [5.74, 6) is 0.846. The summed E-state index contributed by atoms with van der Waals surface area (Å²) in [6.07, 6.45) is 1.96. The maximum atomic E-state index is 5.94. The topological polar surface area (TPSA) is 45.6 Å². The number of aromatic nitrogens is 2. The van der Waals surface area contributed by atoms with Crippen molar-refractivity contribution in [3.63, 3.8) is 0 Å². The van der Waals surface area contributed by atoms with E-state index >= 15 is 0 Å². The highest BCUT2D eigenvalue weighted by molar-refractivity contribution is 7.80. The summed E-state index contributed by atoms with van der Waals surface area (Å²) in [5, 5.41) is 4.26. The molecule has 2 aromatic carbocycles. The molecule has 4 aromatic rings. The molecule has 38 heavy (non-hydrogen) atoms. The summed E-state index contributed by atoms with van der Waals surface area (Å²) in [6.45, 7) is 8.42. The van der Waals surface area contributed by atoms with E-state index in [9.17, 15) is 0 Å². The molecule has 0 amide bonds. The van der Waals surface area contributed by atoms with Crippen molar-refractivity contribution in [3.05, 3.63) is 102 Å². The third-order valence-electron chi connectivity index (χ3n) is 7.00. The molecule has 0 spiro atoms. The Labute approximate surface area is 230 Å². The number of nitrogens with one attached hydrogen (secondary N) is 1. The largest absolute Gasteiger partial charge is 0.491 e. The number of pyridine rings is 1. The highest BCUT2D eigenvalue weighted by Crippen LogP contribution is 2.44. The lowest BCUT2D eigenvalue weighted by Crippen LogP contribution is -2.29. The van der Waals surface area contributed by atoms with Gasteiger partial charge in [0.15, 0.2) is 5.11 Å². The van der Waals surface area contributed by atoms with Gasteiger partial charge in [0.25, 0.3) is 0 Å². The van der Waals surface area contributed by atoms with Gasteiger partial charge in [-0.15, -0.1) is 0 Å². The molecule has 2 atom stereocenters. The van der Waals surface area contributed by atoms with Gasteiger partial charge >= 0.3 is 0 Å². The van der Waals surface area contributed by atoms with Gasteiger partial charge in [0, 0.05) is 48.7 Å². The van der Waals surface area contributed by atoms with E-state index in [0.717, 1.165) is 22.8 Å². The first-order valence-electron chi connectivity index (χ1n) is 13.0. The zero-order chi connectivity index (χ0) is 27.0. The highest BCUT2D eigenvalue weighted by Gasteiger charge is 2.42. The van der Waals surface area contributed by atoms with Crippen LogP contribution in [0.25, 0.3) is 5.69 Å². The third-order valence-corrected chi connectivity index (χ3v) is 7.31. The normalized spacial score (nSPS) is 17.1. The molecular weight excluding hydrogens is 490 g/mol. The molecule has 1 N–H and O–H groups in total. The Morgan fingerprint density at radius 2 is 1.63 bits per heavy atom. The van der Waals surface area contributed by atoms with Gasteiger partial charge in [-0.25, -0.2) is 0 Å². The molecule has 0 saturated carbocycles. The maximum Gasteiger partial charge on any atom is 0.174 e. The van der Waals surface area contributed by atoms with Crippen molar-refractivity contribution >= 4 is 28.7 Å². The van der Waals surface area contributed by atoms with E-state index in [1.807, 2.05) is 44.3 Å². The molecule has 2 aromatic heterocycles. The fourth-order valence-corrected chi connectivity index (χ4v) is 5.64. The number of rotatable bonds is 7.